The second-order valence-corrected chi connectivity index (χ2v) is 6.79. The molecular weight excluding hydrogens is 338 g/mol. The molecule has 3 N–H and O–H groups in total. The van der Waals surface area contributed by atoms with Crippen LogP contribution in [0.25, 0.3) is 0 Å². The number of anilines is 2. The predicted octanol–water partition coefficient (Wildman–Crippen LogP) is 3.66. The summed E-state index contributed by atoms with van der Waals surface area (Å²) in [5, 5.41) is 13.5. The predicted molar refractivity (Wildman–Crippen MR) is 107 cm³/mol. The molecule has 6 nitrogen and oxygen atoms in total. The third kappa shape index (κ3) is 4.94. The van der Waals surface area contributed by atoms with E-state index in [2.05, 4.69) is 25.8 Å². The Kier molecular flexibility index (Phi) is 5.86. The van der Waals surface area contributed by atoms with Crippen molar-refractivity contribution in [3.63, 3.8) is 0 Å². The van der Waals surface area contributed by atoms with Crippen LogP contribution in [0, 0.1) is 19.8 Å². The van der Waals surface area contributed by atoms with Crippen molar-refractivity contribution >= 4 is 17.3 Å². The molecule has 0 saturated carbocycles. The molecule has 6 heteroatoms. The van der Waals surface area contributed by atoms with E-state index < -0.39 is 0 Å². The summed E-state index contributed by atoms with van der Waals surface area (Å²) in [6.07, 6.45) is 4.19. The smallest absolute Gasteiger partial charge is 0.223 e. The van der Waals surface area contributed by atoms with Crippen LogP contribution in [0.3, 0.4) is 0 Å². The standard InChI is InChI=1S/C21H25N5O/c1-14(12-20-15(2)25-26-16(20)3)21(27)23-13-17-4-6-18(7-5-17)24-19-8-10-22-11-9-19/h4-11,14H,12-13H2,1-3H3,(H,22,24)(H,23,27)(H,25,26). The number of pyridine rings is 1. The number of amides is 1. The first kappa shape index (κ1) is 18.6. The number of aromatic amines is 1. The quantitative estimate of drug-likeness (QED) is 0.598. The molecule has 0 saturated heterocycles. The Hall–Kier alpha value is -3.15. The summed E-state index contributed by atoms with van der Waals surface area (Å²) in [4.78, 5) is 16.4. The minimum absolute atomic E-state index is 0.0500. The van der Waals surface area contributed by atoms with Gasteiger partial charge in [0.1, 0.15) is 0 Å². The van der Waals surface area contributed by atoms with Gasteiger partial charge in [0.05, 0.1) is 5.69 Å². The van der Waals surface area contributed by atoms with Gasteiger partial charge in [-0.25, -0.2) is 0 Å². The number of nitrogens with zero attached hydrogens (tertiary/aromatic N) is 2. The molecule has 1 atom stereocenters. The SMILES string of the molecule is Cc1n[nH]c(C)c1CC(C)C(=O)NCc1ccc(Nc2ccncc2)cc1. The molecule has 1 amide bonds. The van der Waals surface area contributed by atoms with Crippen molar-refractivity contribution in [2.45, 2.75) is 33.7 Å². The van der Waals surface area contributed by atoms with Gasteiger partial charge in [0.25, 0.3) is 0 Å². The van der Waals surface area contributed by atoms with E-state index in [1.54, 1.807) is 12.4 Å². The van der Waals surface area contributed by atoms with Crippen molar-refractivity contribution in [2.75, 3.05) is 5.32 Å². The first-order chi connectivity index (χ1) is 13.0. The highest BCUT2D eigenvalue weighted by molar-refractivity contribution is 5.78. The van der Waals surface area contributed by atoms with Gasteiger partial charge in [-0.1, -0.05) is 19.1 Å². The lowest BCUT2D eigenvalue weighted by Crippen LogP contribution is -2.30. The van der Waals surface area contributed by atoms with Crippen LogP contribution >= 0.6 is 0 Å². The average Bonchev–Trinajstić information content (AvgIpc) is 3.00. The lowest BCUT2D eigenvalue weighted by atomic mass is 9.99. The summed E-state index contributed by atoms with van der Waals surface area (Å²) in [5.41, 5.74) is 6.17. The van der Waals surface area contributed by atoms with E-state index in [-0.39, 0.29) is 11.8 Å². The second kappa shape index (κ2) is 8.49. The van der Waals surface area contributed by atoms with Crippen molar-refractivity contribution in [1.82, 2.24) is 20.5 Å². The highest BCUT2D eigenvalue weighted by Gasteiger charge is 2.17. The van der Waals surface area contributed by atoms with Crippen LogP contribution in [-0.4, -0.2) is 21.1 Å². The van der Waals surface area contributed by atoms with E-state index in [4.69, 9.17) is 0 Å². The van der Waals surface area contributed by atoms with E-state index in [9.17, 15) is 4.79 Å². The summed E-state index contributed by atoms with van der Waals surface area (Å²) in [6, 6.07) is 11.9. The van der Waals surface area contributed by atoms with Crippen LogP contribution in [0.1, 0.15) is 29.4 Å². The van der Waals surface area contributed by atoms with Crippen LogP contribution in [-0.2, 0) is 17.8 Å². The molecule has 0 bridgehead atoms. The van der Waals surface area contributed by atoms with Crippen LogP contribution in [0.15, 0.2) is 48.8 Å². The van der Waals surface area contributed by atoms with Gasteiger partial charge in [-0.15, -0.1) is 0 Å². The Morgan fingerprint density at radius 2 is 1.74 bits per heavy atom. The van der Waals surface area contributed by atoms with Gasteiger partial charge < -0.3 is 10.6 Å². The summed E-state index contributed by atoms with van der Waals surface area (Å²) >= 11 is 0. The van der Waals surface area contributed by atoms with Gasteiger partial charge >= 0.3 is 0 Å². The van der Waals surface area contributed by atoms with E-state index in [1.807, 2.05) is 57.2 Å². The topological polar surface area (TPSA) is 82.7 Å². The highest BCUT2D eigenvalue weighted by atomic mass is 16.1. The number of benzene rings is 1. The molecule has 2 heterocycles. The minimum Gasteiger partial charge on any atom is -0.355 e. The fourth-order valence-electron chi connectivity index (χ4n) is 2.94. The Morgan fingerprint density at radius 3 is 2.37 bits per heavy atom. The van der Waals surface area contributed by atoms with E-state index in [0.29, 0.717) is 13.0 Å². The van der Waals surface area contributed by atoms with E-state index in [1.165, 1.54) is 0 Å². The van der Waals surface area contributed by atoms with Gasteiger partial charge in [-0.05, 0) is 55.7 Å². The van der Waals surface area contributed by atoms with Gasteiger partial charge in [0, 0.05) is 41.9 Å². The fourth-order valence-corrected chi connectivity index (χ4v) is 2.94. The van der Waals surface area contributed by atoms with Gasteiger partial charge in [0.15, 0.2) is 0 Å². The number of H-pyrrole nitrogens is 1. The lowest BCUT2D eigenvalue weighted by Gasteiger charge is -2.13. The molecule has 0 fully saturated rings. The molecule has 0 aliphatic carbocycles. The fraction of sp³-hybridized carbons (Fsp3) is 0.286. The molecular formula is C21H25N5O. The molecule has 0 aliphatic heterocycles. The van der Waals surface area contributed by atoms with E-state index >= 15 is 0 Å². The van der Waals surface area contributed by atoms with Crippen LogP contribution in [0.2, 0.25) is 0 Å². The number of nitrogens with one attached hydrogen (secondary N) is 3. The molecule has 0 radical (unpaired) electrons. The Bertz CT molecular complexity index is 867. The number of carbonyl (C=O) groups excluding carboxylic acids is 1. The maximum absolute atomic E-state index is 12.4. The van der Waals surface area contributed by atoms with Crippen LogP contribution in [0.4, 0.5) is 11.4 Å². The third-order valence-corrected chi connectivity index (χ3v) is 4.63. The second-order valence-electron chi connectivity index (χ2n) is 6.79. The van der Waals surface area contributed by atoms with E-state index in [0.717, 1.165) is 33.9 Å². The summed E-state index contributed by atoms with van der Waals surface area (Å²) < 4.78 is 0. The van der Waals surface area contributed by atoms with Gasteiger partial charge in [-0.2, -0.15) is 5.10 Å². The molecule has 140 valence electrons. The van der Waals surface area contributed by atoms with Crippen molar-refractivity contribution in [1.29, 1.82) is 0 Å². The van der Waals surface area contributed by atoms with Gasteiger partial charge in [0.2, 0.25) is 5.91 Å². The van der Waals surface area contributed by atoms with Crippen molar-refractivity contribution in [3.05, 3.63) is 71.3 Å². The number of aryl methyl sites for hydroxylation is 2. The monoisotopic (exact) mass is 363 g/mol. The molecule has 2 aromatic heterocycles. The largest absolute Gasteiger partial charge is 0.355 e. The maximum Gasteiger partial charge on any atom is 0.223 e. The minimum atomic E-state index is -0.104. The normalized spacial score (nSPS) is 11.8. The first-order valence-electron chi connectivity index (χ1n) is 9.07. The van der Waals surface area contributed by atoms with Crippen molar-refractivity contribution < 1.29 is 4.79 Å². The number of hydrogen-bond acceptors (Lipinski definition) is 4. The lowest BCUT2D eigenvalue weighted by molar-refractivity contribution is -0.124. The number of hydrogen-bond donors (Lipinski definition) is 3. The summed E-state index contributed by atoms with van der Waals surface area (Å²) in [7, 11) is 0. The van der Waals surface area contributed by atoms with Crippen LogP contribution < -0.4 is 10.6 Å². The highest BCUT2D eigenvalue weighted by Crippen LogP contribution is 2.17. The zero-order valence-electron chi connectivity index (χ0n) is 15.9. The van der Waals surface area contributed by atoms with Crippen LogP contribution in [0.5, 0.6) is 0 Å². The molecule has 1 aromatic carbocycles. The molecule has 27 heavy (non-hydrogen) atoms. The molecule has 3 rings (SSSR count). The number of rotatable bonds is 7. The molecule has 1 unspecified atom stereocenters. The Labute approximate surface area is 159 Å². The molecule has 3 aromatic rings. The number of aromatic nitrogens is 3. The summed E-state index contributed by atoms with van der Waals surface area (Å²) in [5.74, 6) is -0.0541. The molecule has 0 spiro atoms. The first-order valence-corrected chi connectivity index (χ1v) is 9.07. The average molecular weight is 363 g/mol. The number of carbonyl (C=O) groups is 1. The zero-order chi connectivity index (χ0) is 19.2. The third-order valence-electron chi connectivity index (χ3n) is 4.63. The zero-order valence-corrected chi connectivity index (χ0v) is 15.9. The Morgan fingerprint density at radius 1 is 1.07 bits per heavy atom. The molecule has 0 aliphatic rings. The Balaban J connectivity index is 1.51. The maximum atomic E-state index is 12.4. The van der Waals surface area contributed by atoms with Gasteiger partial charge in [-0.3, -0.25) is 14.9 Å². The summed E-state index contributed by atoms with van der Waals surface area (Å²) in [6.45, 7) is 6.41. The van der Waals surface area contributed by atoms with Crippen molar-refractivity contribution in [3.8, 4) is 0 Å². The van der Waals surface area contributed by atoms with Crippen molar-refractivity contribution in [2.24, 2.45) is 5.92 Å².